The quantitative estimate of drug-likeness (QED) is 0.839. The lowest BCUT2D eigenvalue weighted by Crippen LogP contribution is -2.36. The molecular formula is C10H10ClF4NO3. The maximum absolute atomic E-state index is 13.2. The SMILES string of the molecule is Cl.N[C@@H](c1cccc2c1OC(F)(F)O2)C(F)(F)CO. The van der Waals surface area contributed by atoms with E-state index in [9.17, 15) is 17.6 Å². The molecule has 2 rings (SSSR count). The van der Waals surface area contributed by atoms with E-state index < -0.39 is 30.6 Å². The molecule has 19 heavy (non-hydrogen) atoms. The Balaban J connectivity index is 0.00000180. The third-order valence-corrected chi connectivity index (χ3v) is 2.46. The zero-order valence-corrected chi connectivity index (χ0v) is 10.1. The molecule has 0 aromatic heterocycles. The van der Waals surface area contributed by atoms with E-state index in [1.54, 1.807) is 0 Å². The monoisotopic (exact) mass is 303 g/mol. The van der Waals surface area contributed by atoms with Crippen LogP contribution in [0.4, 0.5) is 17.6 Å². The Bertz CT molecular complexity index is 472. The van der Waals surface area contributed by atoms with Gasteiger partial charge in [-0.15, -0.1) is 21.2 Å². The fraction of sp³-hybridized carbons (Fsp3) is 0.400. The fourth-order valence-corrected chi connectivity index (χ4v) is 1.56. The molecule has 0 fully saturated rings. The first-order chi connectivity index (χ1) is 8.27. The van der Waals surface area contributed by atoms with E-state index in [4.69, 9.17) is 10.8 Å². The van der Waals surface area contributed by atoms with Crippen LogP contribution in [0.3, 0.4) is 0 Å². The van der Waals surface area contributed by atoms with Crippen LogP contribution >= 0.6 is 12.4 Å². The molecule has 1 aliphatic rings. The minimum atomic E-state index is -3.91. The number of rotatable bonds is 3. The number of alkyl halides is 4. The molecule has 0 saturated heterocycles. The van der Waals surface area contributed by atoms with E-state index in [1.165, 1.54) is 6.07 Å². The smallest absolute Gasteiger partial charge is 0.395 e. The van der Waals surface area contributed by atoms with Gasteiger partial charge in [-0.25, -0.2) is 8.78 Å². The van der Waals surface area contributed by atoms with Crippen molar-refractivity contribution in [3.05, 3.63) is 23.8 Å². The van der Waals surface area contributed by atoms with Crippen molar-refractivity contribution in [2.45, 2.75) is 18.3 Å². The topological polar surface area (TPSA) is 64.7 Å². The Hall–Kier alpha value is -1.25. The van der Waals surface area contributed by atoms with Gasteiger partial charge in [-0.2, -0.15) is 0 Å². The molecule has 0 radical (unpaired) electrons. The second-order valence-corrected chi connectivity index (χ2v) is 3.74. The van der Waals surface area contributed by atoms with E-state index in [0.29, 0.717) is 0 Å². The molecule has 1 atom stereocenters. The van der Waals surface area contributed by atoms with E-state index >= 15 is 0 Å². The van der Waals surface area contributed by atoms with Gasteiger partial charge in [0.05, 0.1) is 0 Å². The van der Waals surface area contributed by atoms with Crippen molar-refractivity contribution < 1.29 is 32.1 Å². The van der Waals surface area contributed by atoms with Crippen LogP contribution in [-0.4, -0.2) is 23.9 Å². The second kappa shape index (κ2) is 5.03. The van der Waals surface area contributed by atoms with Gasteiger partial charge in [-0.05, 0) is 6.07 Å². The predicted octanol–water partition coefficient (Wildman–Crippen LogP) is 2.06. The number of halogens is 5. The summed E-state index contributed by atoms with van der Waals surface area (Å²) in [6.07, 6.45) is -3.91. The average Bonchev–Trinajstić information content (AvgIpc) is 2.61. The first kappa shape index (κ1) is 15.8. The van der Waals surface area contributed by atoms with Gasteiger partial charge in [0.25, 0.3) is 5.92 Å². The van der Waals surface area contributed by atoms with Crippen molar-refractivity contribution in [3.8, 4) is 11.5 Å². The summed E-state index contributed by atoms with van der Waals surface area (Å²) >= 11 is 0. The van der Waals surface area contributed by atoms with Crippen molar-refractivity contribution >= 4 is 12.4 Å². The fourth-order valence-electron chi connectivity index (χ4n) is 1.56. The maximum atomic E-state index is 13.2. The lowest BCUT2D eigenvalue weighted by atomic mass is 10.0. The molecule has 1 aliphatic heterocycles. The summed E-state index contributed by atoms with van der Waals surface area (Å²) in [5.41, 5.74) is 4.90. The molecule has 0 spiro atoms. The zero-order chi connectivity index (χ0) is 13.6. The van der Waals surface area contributed by atoms with E-state index in [2.05, 4.69) is 9.47 Å². The van der Waals surface area contributed by atoms with Crippen molar-refractivity contribution in [3.63, 3.8) is 0 Å². The molecule has 0 amide bonds. The van der Waals surface area contributed by atoms with Crippen LogP contribution in [0.25, 0.3) is 0 Å². The number of aliphatic hydroxyl groups is 1. The standard InChI is InChI=1S/C10H9F4NO3.ClH/c11-9(12,4-16)8(15)5-2-1-3-6-7(5)18-10(13,14)17-6;/h1-3,8,16H,4,15H2;1H/t8-;/m0./s1. The Kier molecular flexibility index (Phi) is 4.18. The minimum Gasteiger partial charge on any atom is -0.395 e. The predicted molar refractivity (Wildman–Crippen MR) is 58.9 cm³/mol. The second-order valence-electron chi connectivity index (χ2n) is 3.74. The number of aliphatic hydroxyl groups excluding tert-OH is 1. The van der Waals surface area contributed by atoms with E-state index in [0.717, 1.165) is 12.1 Å². The average molecular weight is 304 g/mol. The summed E-state index contributed by atoms with van der Waals surface area (Å²) in [4.78, 5) is 0. The zero-order valence-electron chi connectivity index (χ0n) is 9.28. The molecule has 1 aromatic rings. The van der Waals surface area contributed by atoms with Gasteiger partial charge < -0.3 is 20.3 Å². The number of benzene rings is 1. The summed E-state index contributed by atoms with van der Waals surface area (Å²) in [7, 11) is 0. The Morgan fingerprint density at radius 2 is 1.95 bits per heavy atom. The molecule has 3 N–H and O–H groups in total. The van der Waals surface area contributed by atoms with Gasteiger partial charge in [0.2, 0.25) is 0 Å². The van der Waals surface area contributed by atoms with Gasteiger partial charge in [0, 0.05) is 5.56 Å². The third-order valence-electron chi connectivity index (χ3n) is 2.46. The van der Waals surface area contributed by atoms with Crippen molar-refractivity contribution in [2.24, 2.45) is 5.73 Å². The first-order valence-corrected chi connectivity index (χ1v) is 4.90. The number of nitrogens with two attached hydrogens (primary N) is 1. The van der Waals surface area contributed by atoms with Gasteiger partial charge >= 0.3 is 6.29 Å². The van der Waals surface area contributed by atoms with Crippen molar-refractivity contribution in [1.82, 2.24) is 0 Å². The Morgan fingerprint density at radius 1 is 1.32 bits per heavy atom. The molecule has 0 saturated carbocycles. The molecule has 108 valence electrons. The molecular weight excluding hydrogens is 294 g/mol. The molecule has 1 aromatic carbocycles. The summed E-state index contributed by atoms with van der Waals surface area (Å²) in [5, 5.41) is 8.53. The Morgan fingerprint density at radius 3 is 2.53 bits per heavy atom. The summed E-state index contributed by atoms with van der Waals surface area (Å²) in [5.74, 6) is -4.57. The summed E-state index contributed by atoms with van der Waals surface area (Å²) in [6, 6.07) is 1.50. The number of ether oxygens (including phenoxy) is 2. The van der Waals surface area contributed by atoms with Gasteiger partial charge in [-0.1, -0.05) is 12.1 Å². The summed E-state index contributed by atoms with van der Waals surface area (Å²) in [6.45, 7) is -1.50. The van der Waals surface area contributed by atoms with Crippen LogP contribution in [0, 0.1) is 0 Å². The highest BCUT2D eigenvalue weighted by Crippen LogP contribution is 2.46. The number of hydrogen-bond acceptors (Lipinski definition) is 4. The number of hydrogen-bond donors (Lipinski definition) is 2. The van der Waals surface area contributed by atoms with Gasteiger partial charge in [0.15, 0.2) is 11.5 Å². The minimum absolute atomic E-state index is 0. The summed E-state index contributed by atoms with van der Waals surface area (Å²) < 4.78 is 60.4. The van der Waals surface area contributed by atoms with Crippen molar-refractivity contribution in [2.75, 3.05) is 6.61 Å². The highest BCUT2D eigenvalue weighted by atomic mass is 35.5. The van der Waals surface area contributed by atoms with Crippen molar-refractivity contribution in [1.29, 1.82) is 0 Å². The largest absolute Gasteiger partial charge is 0.586 e. The van der Waals surface area contributed by atoms with Gasteiger partial charge in [-0.3, -0.25) is 0 Å². The van der Waals surface area contributed by atoms with Crippen LogP contribution in [0.15, 0.2) is 18.2 Å². The van der Waals surface area contributed by atoms with Gasteiger partial charge in [0.1, 0.15) is 12.6 Å². The molecule has 0 aliphatic carbocycles. The number of para-hydroxylation sites is 1. The lowest BCUT2D eigenvalue weighted by Gasteiger charge is -2.22. The molecule has 1 heterocycles. The van der Waals surface area contributed by atoms with Crippen LogP contribution < -0.4 is 15.2 Å². The normalized spacial score (nSPS) is 17.8. The van der Waals surface area contributed by atoms with Crippen LogP contribution in [-0.2, 0) is 0 Å². The molecule has 9 heteroatoms. The van der Waals surface area contributed by atoms with Crippen LogP contribution in [0.5, 0.6) is 11.5 Å². The molecule has 4 nitrogen and oxygen atoms in total. The van der Waals surface area contributed by atoms with E-state index in [1.807, 2.05) is 0 Å². The van der Waals surface area contributed by atoms with E-state index in [-0.39, 0.29) is 23.7 Å². The molecule has 0 bridgehead atoms. The Labute approximate surface area is 111 Å². The highest BCUT2D eigenvalue weighted by Gasteiger charge is 2.47. The molecule has 0 unspecified atom stereocenters. The lowest BCUT2D eigenvalue weighted by molar-refractivity contribution is -0.287. The number of fused-ring (bicyclic) bond motifs is 1. The maximum Gasteiger partial charge on any atom is 0.586 e. The van der Waals surface area contributed by atoms with Crippen LogP contribution in [0.2, 0.25) is 0 Å². The highest BCUT2D eigenvalue weighted by molar-refractivity contribution is 5.85. The van der Waals surface area contributed by atoms with Crippen LogP contribution in [0.1, 0.15) is 11.6 Å². The third kappa shape index (κ3) is 2.85. The first-order valence-electron chi connectivity index (χ1n) is 4.90.